The van der Waals surface area contributed by atoms with Crippen molar-refractivity contribution in [1.82, 2.24) is 30.0 Å². The van der Waals surface area contributed by atoms with Crippen molar-refractivity contribution in [2.75, 3.05) is 18.1 Å². The van der Waals surface area contributed by atoms with Gasteiger partial charge in [0.15, 0.2) is 10.8 Å². The number of urea groups is 1. The van der Waals surface area contributed by atoms with Crippen molar-refractivity contribution in [1.29, 1.82) is 0 Å². The highest BCUT2D eigenvalue weighted by Crippen LogP contribution is 2.35. The number of thiazole rings is 1. The Kier molecular flexibility index (Phi) is 4.11. The largest absolute Gasteiger partial charge is 0.383 e. The molecular formula is C17H18N8OS. The molecule has 4 N–H and O–H groups in total. The lowest BCUT2D eigenvalue weighted by Gasteiger charge is -2.05. The summed E-state index contributed by atoms with van der Waals surface area (Å²) in [6, 6.07) is 5.65. The number of nitrogens with two attached hydrogens (primary N) is 1. The molecule has 0 saturated heterocycles. The fraction of sp³-hybridized carbons (Fsp3) is 0.235. The summed E-state index contributed by atoms with van der Waals surface area (Å²) in [6.07, 6.45) is 1.45. The van der Waals surface area contributed by atoms with Gasteiger partial charge in [0.05, 0.1) is 15.6 Å². The van der Waals surface area contributed by atoms with Gasteiger partial charge < -0.3 is 11.1 Å². The second-order valence-electron chi connectivity index (χ2n) is 6.25. The Morgan fingerprint density at radius 3 is 2.85 bits per heavy atom. The molecule has 0 radical (unpaired) electrons. The molecule has 3 aromatic heterocycles. The minimum atomic E-state index is -0.305. The molecule has 2 amide bonds. The number of fused-ring (bicyclic) bond motifs is 2. The van der Waals surface area contributed by atoms with Gasteiger partial charge in [0.25, 0.3) is 0 Å². The molecule has 138 valence electrons. The number of amides is 2. The number of carbonyl (C=O) groups excluding carboxylic acids is 1. The van der Waals surface area contributed by atoms with Gasteiger partial charge in [0.1, 0.15) is 17.8 Å². The normalized spacial score (nSPS) is 11.4. The summed E-state index contributed by atoms with van der Waals surface area (Å²) in [5.74, 6) is 0.397. The number of carbonyl (C=O) groups is 1. The number of aromatic nitrogens is 5. The summed E-state index contributed by atoms with van der Waals surface area (Å²) in [4.78, 5) is 24.4. The zero-order chi connectivity index (χ0) is 19.1. The molecule has 0 unspecified atom stereocenters. The standard InChI is InChI=1S/C17H18N8OS/c1-8(2)25-15-12(14(18)20-7-21-15)13(24-25)9-4-5-10-11(6-9)27-17(22-10)23-16(26)19-3/h4-8H,1-3H3,(H2,18,20,21)(H2,19,22,23,26). The molecule has 0 aliphatic rings. The second-order valence-corrected chi connectivity index (χ2v) is 7.28. The number of nitrogens with one attached hydrogen (secondary N) is 2. The number of benzene rings is 1. The zero-order valence-electron chi connectivity index (χ0n) is 15.0. The molecule has 0 spiro atoms. The van der Waals surface area contributed by atoms with Crippen LogP contribution in [0.1, 0.15) is 19.9 Å². The molecule has 10 heteroatoms. The Labute approximate surface area is 158 Å². The second kappa shape index (κ2) is 6.47. The highest BCUT2D eigenvalue weighted by molar-refractivity contribution is 7.22. The third-order valence-corrected chi connectivity index (χ3v) is 5.05. The van der Waals surface area contributed by atoms with Crippen LogP contribution in [0.2, 0.25) is 0 Å². The monoisotopic (exact) mass is 382 g/mol. The van der Waals surface area contributed by atoms with E-state index in [0.29, 0.717) is 16.6 Å². The van der Waals surface area contributed by atoms with Crippen LogP contribution in [0.3, 0.4) is 0 Å². The summed E-state index contributed by atoms with van der Waals surface area (Å²) < 4.78 is 2.78. The molecule has 1 aromatic carbocycles. The maximum Gasteiger partial charge on any atom is 0.320 e. The predicted octanol–water partition coefficient (Wildman–Crippen LogP) is 3.02. The van der Waals surface area contributed by atoms with Crippen LogP contribution in [0.15, 0.2) is 24.5 Å². The van der Waals surface area contributed by atoms with Crippen LogP contribution >= 0.6 is 11.3 Å². The number of rotatable bonds is 3. The van der Waals surface area contributed by atoms with Crippen molar-refractivity contribution in [2.24, 2.45) is 0 Å². The minimum absolute atomic E-state index is 0.131. The molecule has 0 aliphatic carbocycles. The van der Waals surface area contributed by atoms with Crippen molar-refractivity contribution < 1.29 is 4.79 Å². The van der Waals surface area contributed by atoms with E-state index in [2.05, 4.69) is 25.6 Å². The van der Waals surface area contributed by atoms with E-state index in [1.807, 2.05) is 36.7 Å². The van der Waals surface area contributed by atoms with Gasteiger partial charge in [-0.1, -0.05) is 17.4 Å². The number of anilines is 2. The topological polar surface area (TPSA) is 124 Å². The number of nitrogen functional groups attached to an aromatic ring is 1. The maximum absolute atomic E-state index is 11.5. The van der Waals surface area contributed by atoms with E-state index >= 15 is 0 Å². The van der Waals surface area contributed by atoms with E-state index in [0.717, 1.165) is 26.9 Å². The Balaban J connectivity index is 1.86. The highest BCUT2D eigenvalue weighted by Gasteiger charge is 2.19. The highest BCUT2D eigenvalue weighted by atomic mass is 32.1. The fourth-order valence-corrected chi connectivity index (χ4v) is 3.74. The van der Waals surface area contributed by atoms with E-state index in [1.54, 1.807) is 7.05 Å². The SMILES string of the molecule is CNC(=O)Nc1nc2ccc(-c3nn(C(C)C)c4ncnc(N)c34)cc2s1. The van der Waals surface area contributed by atoms with Crippen LogP contribution < -0.4 is 16.4 Å². The van der Waals surface area contributed by atoms with E-state index in [1.165, 1.54) is 17.7 Å². The molecule has 27 heavy (non-hydrogen) atoms. The third kappa shape index (κ3) is 2.93. The van der Waals surface area contributed by atoms with E-state index < -0.39 is 0 Å². The van der Waals surface area contributed by atoms with Gasteiger partial charge in [-0.25, -0.2) is 24.4 Å². The van der Waals surface area contributed by atoms with Gasteiger partial charge in [0, 0.05) is 18.7 Å². The maximum atomic E-state index is 11.5. The summed E-state index contributed by atoms with van der Waals surface area (Å²) in [5, 5.41) is 11.2. The van der Waals surface area contributed by atoms with Gasteiger partial charge in [-0.2, -0.15) is 5.10 Å². The Hall–Kier alpha value is -3.27. The summed E-state index contributed by atoms with van der Waals surface area (Å²) in [6.45, 7) is 4.08. The Bertz CT molecular complexity index is 1160. The summed E-state index contributed by atoms with van der Waals surface area (Å²) in [5.41, 5.74) is 9.25. The first-order valence-electron chi connectivity index (χ1n) is 8.36. The minimum Gasteiger partial charge on any atom is -0.383 e. The summed E-state index contributed by atoms with van der Waals surface area (Å²) in [7, 11) is 1.56. The van der Waals surface area contributed by atoms with Crippen molar-refractivity contribution >= 4 is 49.6 Å². The van der Waals surface area contributed by atoms with Crippen LogP contribution in [0.5, 0.6) is 0 Å². The van der Waals surface area contributed by atoms with Crippen molar-refractivity contribution in [3.8, 4) is 11.3 Å². The van der Waals surface area contributed by atoms with Crippen LogP contribution in [0.25, 0.3) is 32.5 Å². The fourth-order valence-electron chi connectivity index (χ4n) is 2.84. The Morgan fingerprint density at radius 2 is 2.11 bits per heavy atom. The molecule has 9 nitrogen and oxygen atoms in total. The molecule has 0 saturated carbocycles. The first kappa shape index (κ1) is 17.2. The van der Waals surface area contributed by atoms with Gasteiger partial charge in [-0.3, -0.25) is 5.32 Å². The number of nitrogens with zero attached hydrogens (tertiary/aromatic N) is 5. The quantitative estimate of drug-likeness (QED) is 0.500. The molecule has 3 heterocycles. The third-order valence-electron chi connectivity index (χ3n) is 4.12. The molecular weight excluding hydrogens is 364 g/mol. The average molecular weight is 382 g/mol. The lowest BCUT2D eigenvalue weighted by atomic mass is 10.1. The van der Waals surface area contributed by atoms with Crippen molar-refractivity contribution in [2.45, 2.75) is 19.9 Å². The molecule has 4 rings (SSSR count). The van der Waals surface area contributed by atoms with Gasteiger partial charge in [-0.05, 0) is 26.0 Å². The average Bonchev–Trinajstić information content (AvgIpc) is 3.22. The van der Waals surface area contributed by atoms with Crippen LogP contribution in [0, 0.1) is 0 Å². The molecule has 4 aromatic rings. The number of hydrogen-bond acceptors (Lipinski definition) is 7. The van der Waals surface area contributed by atoms with Crippen molar-refractivity contribution in [3.05, 3.63) is 24.5 Å². The van der Waals surface area contributed by atoms with Gasteiger partial charge >= 0.3 is 6.03 Å². The van der Waals surface area contributed by atoms with Gasteiger partial charge in [0.2, 0.25) is 0 Å². The Morgan fingerprint density at radius 1 is 1.30 bits per heavy atom. The van der Waals surface area contributed by atoms with Crippen LogP contribution in [-0.4, -0.2) is 37.8 Å². The van der Waals surface area contributed by atoms with Gasteiger partial charge in [-0.15, -0.1) is 0 Å². The van der Waals surface area contributed by atoms with Crippen LogP contribution in [0.4, 0.5) is 15.7 Å². The van der Waals surface area contributed by atoms with E-state index in [9.17, 15) is 4.79 Å². The van der Waals surface area contributed by atoms with E-state index in [4.69, 9.17) is 10.8 Å². The smallest absolute Gasteiger partial charge is 0.320 e. The molecule has 0 aliphatic heterocycles. The van der Waals surface area contributed by atoms with E-state index in [-0.39, 0.29) is 12.1 Å². The zero-order valence-corrected chi connectivity index (χ0v) is 15.8. The number of hydrogen-bond donors (Lipinski definition) is 3. The first-order valence-corrected chi connectivity index (χ1v) is 9.18. The lowest BCUT2D eigenvalue weighted by molar-refractivity contribution is 0.254. The molecule has 0 atom stereocenters. The molecule has 0 fully saturated rings. The first-order chi connectivity index (χ1) is 13.0. The predicted molar refractivity (Wildman–Crippen MR) is 107 cm³/mol. The molecule has 0 bridgehead atoms. The van der Waals surface area contributed by atoms with Crippen LogP contribution in [-0.2, 0) is 0 Å². The lowest BCUT2D eigenvalue weighted by Crippen LogP contribution is -2.24. The summed E-state index contributed by atoms with van der Waals surface area (Å²) >= 11 is 1.39. The van der Waals surface area contributed by atoms with Crippen molar-refractivity contribution in [3.63, 3.8) is 0 Å².